The zero-order chi connectivity index (χ0) is 19.3. The van der Waals surface area contributed by atoms with Gasteiger partial charge < -0.3 is 10.6 Å². The smallest absolute Gasteiger partial charge is 0.272 e. The third kappa shape index (κ3) is 5.09. The second-order valence-electron chi connectivity index (χ2n) is 7.30. The molecule has 0 saturated heterocycles. The number of amides is 2. The summed E-state index contributed by atoms with van der Waals surface area (Å²) in [4.78, 5) is 32.7. The van der Waals surface area contributed by atoms with Crippen LogP contribution in [0.15, 0.2) is 29.7 Å². The molecular formula is C19H24N6O2S. The number of hydrogen-bond donors (Lipinski definition) is 2. The van der Waals surface area contributed by atoms with Gasteiger partial charge in [0.15, 0.2) is 11.5 Å². The van der Waals surface area contributed by atoms with Gasteiger partial charge in [0.2, 0.25) is 5.91 Å². The van der Waals surface area contributed by atoms with Crippen molar-refractivity contribution in [1.29, 1.82) is 0 Å². The van der Waals surface area contributed by atoms with Crippen LogP contribution < -0.4 is 10.6 Å². The van der Waals surface area contributed by atoms with E-state index in [9.17, 15) is 9.59 Å². The molecule has 148 valence electrons. The number of rotatable bonds is 7. The van der Waals surface area contributed by atoms with E-state index in [0.29, 0.717) is 34.4 Å². The van der Waals surface area contributed by atoms with E-state index in [0.717, 1.165) is 25.7 Å². The zero-order valence-electron chi connectivity index (χ0n) is 15.6. The standard InChI is InChI=1S/C19H24N6O2S/c26-17(22-13-4-2-1-3-5-13)11-28-18-10-16(20-12-21-18)25-9-8-15(24-25)19(27)23-14-6-7-14/h8-10,12-14H,1-7,11H2,(H,22,26)(H,23,27). The van der Waals surface area contributed by atoms with Gasteiger partial charge in [-0.05, 0) is 31.7 Å². The average Bonchev–Trinajstić information content (AvgIpc) is 3.38. The number of nitrogens with one attached hydrogen (secondary N) is 2. The molecule has 28 heavy (non-hydrogen) atoms. The molecule has 0 aromatic carbocycles. The molecule has 2 aromatic rings. The number of carbonyl (C=O) groups excluding carboxylic acids is 2. The summed E-state index contributed by atoms with van der Waals surface area (Å²) in [5.74, 6) is 0.760. The molecule has 2 fully saturated rings. The summed E-state index contributed by atoms with van der Waals surface area (Å²) < 4.78 is 1.55. The Morgan fingerprint density at radius 1 is 1.07 bits per heavy atom. The predicted octanol–water partition coefficient (Wildman–Crippen LogP) is 2.10. The average molecular weight is 401 g/mol. The molecule has 4 rings (SSSR count). The molecule has 2 N–H and O–H groups in total. The van der Waals surface area contributed by atoms with Gasteiger partial charge in [0.1, 0.15) is 11.4 Å². The fourth-order valence-corrected chi connectivity index (χ4v) is 3.92. The second kappa shape index (κ2) is 8.72. The van der Waals surface area contributed by atoms with Crippen molar-refractivity contribution in [2.45, 2.75) is 62.1 Å². The number of hydrogen-bond acceptors (Lipinski definition) is 6. The van der Waals surface area contributed by atoms with Crippen molar-refractivity contribution in [2.75, 3.05) is 5.75 Å². The van der Waals surface area contributed by atoms with Gasteiger partial charge in [-0.3, -0.25) is 9.59 Å². The van der Waals surface area contributed by atoms with Crippen molar-refractivity contribution in [1.82, 2.24) is 30.4 Å². The van der Waals surface area contributed by atoms with Crippen LogP contribution in [0.1, 0.15) is 55.4 Å². The number of nitrogens with zero attached hydrogens (tertiary/aromatic N) is 4. The van der Waals surface area contributed by atoms with Gasteiger partial charge in [0.05, 0.1) is 5.75 Å². The van der Waals surface area contributed by atoms with Crippen LogP contribution in [-0.2, 0) is 4.79 Å². The summed E-state index contributed by atoms with van der Waals surface area (Å²) in [6, 6.07) is 4.05. The van der Waals surface area contributed by atoms with E-state index < -0.39 is 0 Å². The van der Waals surface area contributed by atoms with Crippen molar-refractivity contribution in [2.24, 2.45) is 0 Å². The highest BCUT2D eigenvalue weighted by Gasteiger charge is 2.24. The third-order valence-corrected chi connectivity index (χ3v) is 5.84. The Morgan fingerprint density at radius 2 is 1.86 bits per heavy atom. The monoisotopic (exact) mass is 400 g/mol. The van der Waals surface area contributed by atoms with Gasteiger partial charge in [-0.15, -0.1) is 0 Å². The van der Waals surface area contributed by atoms with E-state index in [1.165, 1.54) is 37.4 Å². The Kier molecular flexibility index (Phi) is 5.90. The fourth-order valence-electron chi connectivity index (χ4n) is 3.25. The molecule has 9 heteroatoms. The van der Waals surface area contributed by atoms with Gasteiger partial charge in [-0.2, -0.15) is 5.10 Å². The molecular weight excluding hydrogens is 376 g/mol. The molecule has 0 unspecified atom stereocenters. The summed E-state index contributed by atoms with van der Waals surface area (Å²) in [5.41, 5.74) is 0.367. The molecule has 0 aliphatic heterocycles. The second-order valence-corrected chi connectivity index (χ2v) is 8.29. The molecule has 0 bridgehead atoms. The fraction of sp³-hybridized carbons (Fsp3) is 0.526. The van der Waals surface area contributed by atoms with E-state index in [1.807, 2.05) is 0 Å². The first kappa shape index (κ1) is 18.9. The molecule has 2 aromatic heterocycles. The summed E-state index contributed by atoms with van der Waals surface area (Å²) in [6.07, 6.45) is 11.0. The number of aromatic nitrogens is 4. The van der Waals surface area contributed by atoms with E-state index in [4.69, 9.17) is 0 Å². The lowest BCUT2D eigenvalue weighted by Gasteiger charge is -2.22. The number of thioether (sulfide) groups is 1. The van der Waals surface area contributed by atoms with Crippen LogP contribution in [0.3, 0.4) is 0 Å². The third-order valence-electron chi connectivity index (χ3n) is 4.92. The largest absolute Gasteiger partial charge is 0.353 e. The maximum Gasteiger partial charge on any atom is 0.272 e. The molecule has 2 amide bonds. The Morgan fingerprint density at radius 3 is 2.64 bits per heavy atom. The molecule has 2 aliphatic rings. The molecule has 2 aliphatic carbocycles. The quantitative estimate of drug-likeness (QED) is 0.545. The van der Waals surface area contributed by atoms with Crippen molar-refractivity contribution in [3.8, 4) is 5.82 Å². The molecule has 0 spiro atoms. The van der Waals surface area contributed by atoms with Gasteiger partial charge in [-0.1, -0.05) is 31.0 Å². The molecule has 0 radical (unpaired) electrons. The lowest BCUT2D eigenvalue weighted by atomic mass is 9.95. The van der Waals surface area contributed by atoms with Gasteiger partial charge in [0, 0.05) is 24.3 Å². The van der Waals surface area contributed by atoms with E-state index in [2.05, 4.69) is 25.7 Å². The van der Waals surface area contributed by atoms with Gasteiger partial charge in [0.25, 0.3) is 5.91 Å². The maximum atomic E-state index is 12.2. The minimum atomic E-state index is -0.163. The van der Waals surface area contributed by atoms with Crippen LogP contribution in [0, 0.1) is 0 Å². The van der Waals surface area contributed by atoms with Crippen LogP contribution in [0.25, 0.3) is 5.82 Å². The normalized spacial score (nSPS) is 17.3. The van der Waals surface area contributed by atoms with E-state index in [-0.39, 0.29) is 11.8 Å². The first-order chi connectivity index (χ1) is 13.7. The summed E-state index contributed by atoms with van der Waals surface area (Å²) >= 11 is 1.37. The zero-order valence-corrected chi connectivity index (χ0v) is 16.5. The maximum absolute atomic E-state index is 12.2. The lowest BCUT2D eigenvalue weighted by molar-refractivity contribution is -0.119. The topological polar surface area (TPSA) is 102 Å². The Labute approximate surface area is 167 Å². The first-order valence-electron chi connectivity index (χ1n) is 9.78. The first-order valence-corrected chi connectivity index (χ1v) is 10.8. The van der Waals surface area contributed by atoms with Crippen LogP contribution in [0.5, 0.6) is 0 Å². The highest BCUT2D eigenvalue weighted by molar-refractivity contribution is 7.99. The van der Waals surface area contributed by atoms with Crippen LogP contribution in [0.4, 0.5) is 0 Å². The number of carbonyl (C=O) groups is 2. The van der Waals surface area contributed by atoms with E-state index >= 15 is 0 Å². The molecule has 2 saturated carbocycles. The van der Waals surface area contributed by atoms with Crippen molar-refractivity contribution >= 4 is 23.6 Å². The summed E-state index contributed by atoms with van der Waals surface area (Å²) in [7, 11) is 0. The Hall–Kier alpha value is -2.42. The Bertz CT molecular complexity index is 844. The minimum absolute atomic E-state index is 0.0372. The Balaban J connectivity index is 1.33. The molecule has 8 nitrogen and oxygen atoms in total. The summed E-state index contributed by atoms with van der Waals surface area (Å²) in [6.45, 7) is 0. The van der Waals surface area contributed by atoms with Crippen molar-refractivity contribution in [3.63, 3.8) is 0 Å². The van der Waals surface area contributed by atoms with Gasteiger partial charge >= 0.3 is 0 Å². The predicted molar refractivity (Wildman–Crippen MR) is 105 cm³/mol. The van der Waals surface area contributed by atoms with Crippen molar-refractivity contribution in [3.05, 3.63) is 30.4 Å². The minimum Gasteiger partial charge on any atom is -0.353 e. The van der Waals surface area contributed by atoms with Crippen molar-refractivity contribution < 1.29 is 9.59 Å². The molecule has 2 heterocycles. The SMILES string of the molecule is O=C(CSc1cc(-n2ccc(C(=O)NC3CC3)n2)ncn1)NC1CCCCC1. The highest BCUT2D eigenvalue weighted by Crippen LogP contribution is 2.20. The van der Waals surface area contributed by atoms with Gasteiger partial charge in [-0.25, -0.2) is 14.6 Å². The van der Waals surface area contributed by atoms with Crippen LogP contribution in [0.2, 0.25) is 0 Å². The lowest BCUT2D eigenvalue weighted by Crippen LogP contribution is -2.37. The van der Waals surface area contributed by atoms with E-state index in [1.54, 1.807) is 23.0 Å². The summed E-state index contributed by atoms with van der Waals surface area (Å²) in [5, 5.41) is 11.0. The van der Waals surface area contributed by atoms with Crippen LogP contribution >= 0.6 is 11.8 Å². The molecule has 0 atom stereocenters. The van der Waals surface area contributed by atoms with Crippen LogP contribution in [-0.4, -0.2) is 49.4 Å². The highest BCUT2D eigenvalue weighted by atomic mass is 32.2.